The van der Waals surface area contributed by atoms with Crippen molar-refractivity contribution in [2.45, 2.75) is 25.7 Å². The fraction of sp³-hybridized carbons (Fsp3) is 0.235. The summed E-state index contributed by atoms with van der Waals surface area (Å²) in [6.45, 7) is 0. The van der Waals surface area contributed by atoms with Gasteiger partial charge in [0.1, 0.15) is 0 Å². The van der Waals surface area contributed by atoms with E-state index in [0.29, 0.717) is 0 Å². The SMILES string of the molecule is N#C/C=C/C=C/C=C/CCCC/C=C/C=C/C=C/S. The monoisotopic (exact) mass is 271 g/mol. The maximum absolute atomic E-state index is 8.27. The van der Waals surface area contributed by atoms with Crippen molar-refractivity contribution in [3.05, 3.63) is 72.2 Å². The van der Waals surface area contributed by atoms with E-state index >= 15 is 0 Å². The molecule has 0 aliphatic heterocycles. The van der Waals surface area contributed by atoms with Gasteiger partial charge >= 0.3 is 0 Å². The third-order valence-corrected chi connectivity index (χ3v) is 2.36. The fourth-order valence-electron chi connectivity index (χ4n) is 1.28. The van der Waals surface area contributed by atoms with Crippen molar-refractivity contribution in [1.29, 1.82) is 5.26 Å². The van der Waals surface area contributed by atoms with Crippen molar-refractivity contribution in [2.24, 2.45) is 0 Å². The van der Waals surface area contributed by atoms with Gasteiger partial charge < -0.3 is 0 Å². The summed E-state index contributed by atoms with van der Waals surface area (Å²) in [5, 5.41) is 9.97. The zero-order valence-electron chi connectivity index (χ0n) is 11.2. The Labute approximate surface area is 122 Å². The quantitative estimate of drug-likeness (QED) is 0.262. The normalized spacial score (nSPS) is 13.1. The summed E-state index contributed by atoms with van der Waals surface area (Å²) < 4.78 is 0. The van der Waals surface area contributed by atoms with Gasteiger partial charge in [-0.3, -0.25) is 0 Å². The van der Waals surface area contributed by atoms with Crippen LogP contribution in [-0.2, 0) is 0 Å². The maximum Gasteiger partial charge on any atom is 0.0912 e. The molecule has 0 aliphatic carbocycles. The highest BCUT2D eigenvalue weighted by Gasteiger charge is 1.82. The van der Waals surface area contributed by atoms with Gasteiger partial charge in [0.25, 0.3) is 0 Å². The van der Waals surface area contributed by atoms with Crippen LogP contribution in [0.3, 0.4) is 0 Å². The fourth-order valence-corrected chi connectivity index (χ4v) is 1.38. The Morgan fingerprint density at radius 3 is 1.79 bits per heavy atom. The van der Waals surface area contributed by atoms with Crippen LogP contribution < -0.4 is 0 Å². The van der Waals surface area contributed by atoms with Crippen molar-refractivity contribution < 1.29 is 0 Å². The second kappa shape index (κ2) is 16.3. The average molecular weight is 271 g/mol. The molecular formula is C17H21NS. The van der Waals surface area contributed by atoms with Gasteiger partial charge in [0.15, 0.2) is 0 Å². The van der Waals surface area contributed by atoms with Crippen LogP contribution >= 0.6 is 12.6 Å². The highest BCUT2D eigenvalue weighted by atomic mass is 32.1. The van der Waals surface area contributed by atoms with Gasteiger partial charge in [0.05, 0.1) is 6.07 Å². The lowest BCUT2D eigenvalue weighted by Crippen LogP contribution is -1.71. The molecule has 0 atom stereocenters. The topological polar surface area (TPSA) is 23.8 Å². The zero-order valence-corrected chi connectivity index (χ0v) is 12.0. The minimum atomic E-state index is 1.10. The number of hydrogen-bond acceptors (Lipinski definition) is 2. The van der Waals surface area contributed by atoms with Crippen LogP contribution in [0, 0.1) is 11.3 Å². The molecule has 0 aromatic carbocycles. The first-order valence-corrected chi connectivity index (χ1v) is 6.94. The van der Waals surface area contributed by atoms with E-state index in [1.165, 1.54) is 18.9 Å². The van der Waals surface area contributed by atoms with E-state index in [2.05, 4.69) is 30.9 Å². The summed E-state index contributed by atoms with van der Waals surface area (Å²) in [7, 11) is 0. The van der Waals surface area contributed by atoms with Gasteiger partial charge in [-0.25, -0.2) is 0 Å². The van der Waals surface area contributed by atoms with Gasteiger partial charge in [-0.15, -0.1) is 0 Å². The molecule has 0 spiro atoms. The van der Waals surface area contributed by atoms with Gasteiger partial charge in [0, 0.05) is 6.08 Å². The first-order valence-electron chi connectivity index (χ1n) is 6.42. The number of rotatable bonds is 9. The molecule has 0 aliphatic rings. The molecule has 0 aromatic heterocycles. The van der Waals surface area contributed by atoms with Crippen LogP contribution in [0.2, 0.25) is 0 Å². The molecule has 0 rings (SSSR count). The van der Waals surface area contributed by atoms with Gasteiger partial charge in [-0.05, 0) is 31.1 Å². The van der Waals surface area contributed by atoms with Gasteiger partial charge in [0.2, 0.25) is 0 Å². The van der Waals surface area contributed by atoms with E-state index in [4.69, 9.17) is 5.26 Å². The number of hydrogen-bond donors (Lipinski definition) is 1. The molecule has 0 aromatic rings. The minimum Gasteiger partial charge on any atom is -0.193 e. The number of nitrogens with zero attached hydrogens (tertiary/aromatic N) is 1. The van der Waals surface area contributed by atoms with Crippen molar-refractivity contribution in [2.75, 3.05) is 0 Å². The molecule has 100 valence electrons. The summed E-state index contributed by atoms with van der Waals surface area (Å²) in [5.41, 5.74) is 0. The molecule has 1 nitrogen and oxygen atoms in total. The average Bonchev–Trinajstić information content (AvgIpc) is 2.43. The van der Waals surface area contributed by atoms with E-state index in [-0.39, 0.29) is 0 Å². The molecule has 2 heteroatoms. The lowest BCUT2D eigenvalue weighted by Gasteiger charge is -1.91. The Bertz CT molecular complexity index is 403. The van der Waals surface area contributed by atoms with Crippen molar-refractivity contribution in [1.82, 2.24) is 0 Å². The summed E-state index contributed by atoms with van der Waals surface area (Å²) in [4.78, 5) is 0. The van der Waals surface area contributed by atoms with E-state index in [9.17, 15) is 0 Å². The third kappa shape index (κ3) is 16.3. The predicted molar refractivity (Wildman–Crippen MR) is 87.9 cm³/mol. The molecule has 0 saturated heterocycles. The second-order valence-corrected chi connectivity index (χ2v) is 4.04. The molecule has 0 saturated carbocycles. The number of nitriles is 1. The molecule has 0 amide bonds. The summed E-state index contributed by atoms with van der Waals surface area (Å²) >= 11 is 3.96. The number of allylic oxidation sites excluding steroid dienone is 11. The highest BCUT2D eigenvalue weighted by molar-refractivity contribution is 7.83. The molecule has 0 unspecified atom stereocenters. The van der Waals surface area contributed by atoms with Crippen LogP contribution in [0.4, 0.5) is 0 Å². The minimum absolute atomic E-state index is 1.10. The van der Waals surface area contributed by atoms with Crippen LogP contribution in [0.25, 0.3) is 0 Å². The van der Waals surface area contributed by atoms with Crippen LogP contribution in [0.15, 0.2) is 72.2 Å². The predicted octanol–water partition coefficient (Wildman–Crippen LogP) is 5.29. The third-order valence-electron chi connectivity index (χ3n) is 2.19. The molecule has 0 N–H and O–H groups in total. The molecule has 0 bridgehead atoms. The lowest BCUT2D eigenvalue weighted by atomic mass is 10.2. The molecule has 0 radical (unpaired) electrons. The van der Waals surface area contributed by atoms with Crippen LogP contribution in [0.1, 0.15) is 25.7 Å². The van der Waals surface area contributed by atoms with Gasteiger partial charge in [-0.2, -0.15) is 17.9 Å². The van der Waals surface area contributed by atoms with Crippen LogP contribution in [-0.4, -0.2) is 0 Å². The Balaban J connectivity index is 3.45. The van der Waals surface area contributed by atoms with E-state index in [1.54, 1.807) is 11.5 Å². The van der Waals surface area contributed by atoms with Crippen molar-refractivity contribution in [3.63, 3.8) is 0 Å². The largest absolute Gasteiger partial charge is 0.193 e. The Morgan fingerprint density at radius 1 is 0.737 bits per heavy atom. The van der Waals surface area contributed by atoms with E-state index < -0.39 is 0 Å². The zero-order chi connectivity index (χ0) is 14.0. The summed E-state index contributed by atoms with van der Waals surface area (Å²) in [6, 6.07) is 1.94. The molecular weight excluding hydrogens is 250 g/mol. The van der Waals surface area contributed by atoms with E-state index in [1.807, 2.05) is 42.5 Å². The highest BCUT2D eigenvalue weighted by Crippen LogP contribution is 2.02. The smallest absolute Gasteiger partial charge is 0.0912 e. The summed E-state index contributed by atoms with van der Waals surface area (Å²) in [6.07, 6.45) is 25.8. The van der Waals surface area contributed by atoms with E-state index in [0.717, 1.165) is 12.8 Å². The molecule has 19 heavy (non-hydrogen) atoms. The Morgan fingerprint density at radius 2 is 1.26 bits per heavy atom. The first kappa shape index (κ1) is 17.3. The Hall–Kier alpha value is -1.72. The first-order chi connectivity index (χ1) is 9.41. The Kier molecular flexibility index (Phi) is 14.8. The molecule has 0 heterocycles. The van der Waals surface area contributed by atoms with Crippen LogP contribution in [0.5, 0.6) is 0 Å². The van der Waals surface area contributed by atoms with Crippen molar-refractivity contribution in [3.8, 4) is 6.07 Å². The number of thiol groups is 1. The summed E-state index contributed by atoms with van der Waals surface area (Å²) in [5.74, 6) is 0. The number of unbranched alkanes of at least 4 members (excludes halogenated alkanes) is 3. The second-order valence-electron chi connectivity index (χ2n) is 3.74. The lowest BCUT2D eigenvalue weighted by molar-refractivity contribution is 0.762. The van der Waals surface area contributed by atoms with Gasteiger partial charge in [-0.1, -0.05) is 60.8 Å². The molecule has 0 fully saturated rings. The standard InChI is InChI=1S/C17H21NS/c18-16-14-12-10-8-6-4-2-1-3-5-7-9-11-13-15-17-19/h4,6-15,17,19H,1-3,5H2/b6-4+,9-7+,10-8+,13-11+,14-12+,17-15+. The van der Waals surface area contributed by atoms with Crippen molar-refractivity contribution >= 4 is 12.6 Å². The maximum atomic E-state index is 8.27.